The van der Waals surface area contributed by atoms with Crippen LogP contribution in [-0.4, -0.2) is 5.24 Å². The van der Waals surface area contributed by atoms with Gasteiger partial charge >= 0.3 is 0 Å². The molecule has 0 N–H and O–H groups in total. The van der Waals surface area contributed by atoms with Crippen LogP contribution >= 0.6 is 11.6 Å². The Balaban J connectivity index is 0.000001000. The molecule has 0 unspecified atom stereocenters. The van der Waals surface area contributed by atoms with Gasteiger partial charge in [-0.3, -0.25) is 4.79 Å². The van der Waals surface area contributed by atoms with Crippen LogP contribution in [-0.2, 0) is 0 Å². The molecule has 1 aromatic carbocycles. The summed E-state index contributed by atoms with van der Waals surface area (Å²) >= 11 is 5.03. The van der Waals surface area contributed by atoms with Gasteiger partial charge in [-0.25, -0.2) is 4.39 Å². The zero-order chi connectivity index (χ0) is 7.56. The van der Waals surface area contributed by atoms with E-state index in [-0.39, 0.29) is 13.0 Å². The standard InChI is InChI=1S/C7H4ClFO.CH4/c8-7(10)5-3-1-2-4-6(5)9;/h1-4H;1H4. The van der Waals surface area contributed by atoms with Gasteiger partial charge in [0, 0.05) is 0 Å². The van der Waals surface area contributed by atoms with Crippen LogP contribution in [0.25, 0.3) is 0 Å². The molecule has 0 saturated heterocycles. The van der Waals surface area contributed by atoms with Crippen molar-refractivity contribution in [2.75, 3.05) is 0 Å². The molecule has 0 heterocycles. The van der Waals surface area contributed by atoms with E-state index >= 15 is 0 Å². The van der Waals surface area contributed by atoms with Crippen LogP contribution in [0.5, 0.6) is 0 Å². The molecule has 60 valence electrons. The summed E-state index contributed by atoms with van der Waals surface area (Å²) in [5.41, 5.74) is -0.0795. The highest BCUT2D eigenvalue weighted by atomic mass is 35.5. The van der Waals surface area contributed by atoms with E-state index < -0.39 is 11.1 Å². The van der Waals surface area contributed by atoms with E-state index in [1.807, 2.05) is 0 Å². The maximum absolute atomic E-state index is 12.5. The second kappa shape index (κ2) is 4.09. The van der Waals surface area contributed by atoms with Crippen LogP contribution < -0.4 is 0 Å². The smallest absolute Gasteiger partial charge is 0.255 e. The van der Waals surface area contributed by atoms with Crippen molar-refractivity contribution in [1.29, 1.82) is 0 Å². The molecule has 11 heavy (non-hydrogen) atoms. The summed E-state index contributed by atoms with van der Waals surface area (Å²) in [6.45, 7) is 0. The van der Waals surface area contributed by atoms with E-state index in [4.69, 9.17) is 11.6 Å². The molecule has 0 radical (unpaired) electrons. The zero-order valence-electron chi connectivity index (χ0n) is 4.97. The summed E-state index contributed by atoms with van der Waals surface area (Å²) in [5, 5.41) is -0.766. The van der Waals surface area contributed by atoms with Crippen molar-refractivity contribution in [3.63, 3.8) is 0 Å². The average molecular weight is 175 g/mol. The highest BCUT2D eigenvalue weighted by Crippen LogP contribution is 2.08. The number of hydrogen-bond acceptors (Lipinski definition) is 1. The predicted octanol–water partition coefficient (Wildman–Crippen LogP) is 2.84. The number of carbonyl (C=O) groups excluding carboxylic acids is 1. The Kier molecular flexibility index (Phi) is 3.76. The maximum atomic E-state index is 12.5. The molecular formula is C8H8ClFO. The Hall–Kier alpha value is -0.890. The first kappa shape index (κ1) is 10.1. The SMILES string of the molecule is C.O=C(Cl)c1ccccc1F. The molecule has 1 rings (SSSR count). The molecule has 0 aliphatic heterocycles. The first-order valence-electron chi connectivity index (χ1n) is 2.66. The molecule has 0 bridgehead atoms. The third-order valence-corrected chi connectivity index (χ3v) is 1.29. The number of rotatable bonds is 1. The molecule has 3 heteroatoms. The number of halogens is 2. The van der Waals surface area contributed by atoms with E-state index in [0.717, 1.165) is 0 Å². The second-order valence-electron chi connectivity index (χ2n) is 1.75. The third-order valence-electron chi connectivity index (χ3n) is 1.09. The molecule has 0 aliphatic rings. The molecule has 0 atom stereocenters. The van der Waals surface area contributed by atoms with E-state index in [1.165, 1.54) is 18.2 Å². The number of carbonyl (C=O) groups is 1. The first-order chi connectivity index (χ1) is 4.72. The van der Waals surface area contributed by atoms with Crippen molar-refractivity contribution in [3.05, 3.63) is 35.6 Å². The third kappa shape index (κ3) is 2.31. The normalized spacial score (nSPS) is 8.55. The van der Waals surface area contributed by atoms with Gasteiger partial charge in [0.25, 0.3) is 5.24 Å². The zero-order valence-corrected chi connectivity index (χ0v) is 5.73. The van der Waals surface area contributed by atoms with Gasteiger partial charge < -0.3 is 0 Å². The van der Waals surface area contributed by atoms with Crippen LogP contribution in [0.2, 0.25) is 0 Å². The summed E-state index contributed by atoms with van der Waals surface area (Å²) < 4.78 is 12.5. The molecular weight excluding hydrogens is 167 g/mol. The molecule has 0 amide bonds. The van der Waals surface area contributed by atoms with Gasteiger partial charge in [-0.2, -0.15) is 0 Å². The fourth-order valence-electron chi connectivity index (χ4n) is 0.621. The number of benzene rings is 1. The summed E-state index contributed by atoms with van der Waals surface area (Å²) in [6, 6.07) is 5.58. The first-order valence-corrected chi connectivity index (χ1v) is 3.04. The van der Waals surface area contributed by atoms with Crippen LogP contribution in [0.3, 0.4) is 0 Å². The Morgan fingerprint density at radius 1 is 1.36 bits per heavy atom. The Morgan fingerprint density at radius 2 is 1.91 bits per heavy atom. The monoisotopic (exact) mass is 174 g/mol. The maximum Gasteiger partial charge on any atom is 0.255 e. The van der Waals surface area contributed by atoms with Gasteiger partial charge in [0.15, 0.2) is 0 Å². The van der Waals surface area contributed by atoms with E-state index in [2.05, 4.69) is 0 Å². The molecule has 0 aromatic heterocycles. The largest absolute Gasteiger partial charge is 0.275 e. The van der Waals surface area contributed by atoms with Crippen molar-refractivity contribution >= 4 is 16.8 Å². The van der Waals surface area contributed by atoms with Crippen molar-refractivity contribution < 1.29 is 9.18 Å². The molecule has 0 aliphatic carbocycles. The lowest BCUT2D eigenvalue weighted by Crippen LogP contribution is -1.92. The fraction of sp³-hybridized carbons (Fsp3) is 0.125. The lowest BCUT2D eigenvalue weighted by Gasteiger charge is -1.92. The van der Waals surface area contributed by atoms with Crippen molar-refractivity contribution in [1.82, 2.24) is 0 Å². The van der Waals surface area contributed by atoms with Crippen LogP contribution in [0.4, 0.5) is 4.39 Å². The van der Waals surface area contributed by atoms with Crippen molar-refractivity contribution in [2.45, 2.75) is 7.43 Å². The van der Waals surface area contributed by atoms with Gasteiger partial charge in [-0.1, -0.05) is 19.6 Å². The highest BCUT2D eigenvalue weighted by Gasteiger charge is 2.05. The lowest BCUT2D eigenvalue weighted by atomic mass is 10.2. The molecule has 0 saturated carbocycles. The number of hydrogen-bond donors (Lipinski definition) is 0. The molecule has 1 aromatic rings. The van der Waals surface area contributed by atoms with Crippen molar-refractivity contribution in [3.8, 4) is 0 Å². The Morgan fingerprint density at radius 3 is 2.27 bits per heavy atom. The summed E-state index contributed by atoms with van der Waals surface area (Å²) in [4.78, 5) is 10.4. The minimum Gasteiger partial charge on any atom is -0.275 e. The minimum atomic E-state index is -0.766. The lowest BCUT2D eigenvalue weighted by molar-refractivity contribution is 0.107. The Labute approximate surface area is 69.8 Å². The minimum absolute atomic E-state index is 0. The van der Waals surface area contributed by atoms with Gasteiger partial charge in [0.1, 0.15) is 5.82 Å². The topological polar surface area (TPSA) is 17.1 Å². The fourth-order valence-corrected chi connectivity index (χ4v) is 0.774. The van der Waals surface area contributed by atoms with Crippen LogP contribution in [0, 0.1) is 5.82 Å². The van der Waals surface area contributed by atoms with Crippen LogP contribution in [0.1, 0.15) is 17.8 Å². The quantitative estimate of drug-likeness (QED) is 0.599. The van der Waals surface area contributed by atoms with E-state index in [0.29, 0.717) is 0 Å². The summed E-state index contributed by atoms with van der Waals surface area (Å²) in [7, 11) is 0. The average Bonchev–Trinajstić information content (AvgIpc) is 1.88. The van der Waals surface area contributed by atoms with Gasteiger partial charge in [0.05, 0.1) is 5.56 Å². The summed E-state index contributed by atoms with van der Waals surface area (Å²) in [5.74, 6) is -0.581. The van der Waals surface area contributed by atoms with Gasteiger partial charge in [0.2, 0.25) is 0 Å². The predicted molar refractivity (Wildman–Crippen MR) is 43.3 cm³/mol. The highest BCUT2D eigenvalue weighted by molar-refractivity contribution is 6.67. The molecule has 0 spiro atoms. The second-order valence-corrected chi connectivity index (χ2v) is 2.10. The van der Waals surface area contributed by atoms with Gasteiger partial charge in [-0.05, 0) is 23.7 Å². The summed E-state index contributed by atoms with van der Waals surface area (Å²) in [6.07, 6.45) is 0. The Bertz CT molecular complexity index is 260. The van der Waals surface area contributed by atoms with Gasteiger partial charge in [-0.15, -0.1) is 0 Å². The van der Waals surface area contributed by atoms with Crippen LogP contribution in [0.15, 0.2) is 24.3 Å². The molecule has 1 nitrogen and oxygen atoms in total. The molecule has 0 fully saturated rings. The van der Waals surface area contributed by atoms with E-state index in [1.54, 1.807) is 6.07 Å². The van der Waals surface area contributed by atoms with Crippen molar-refractivity contribution in [2.24, 2.45) is 0 Å². The van der Waals surface area contributed by atoms with E-state index in [9.17, 15) is 9.18 Å².